The zero-order valence-corrected chi connectivity index (χ0v) is 22.6. The molecule has 0 bridgehead atoms. The second-order valence-electron chi connectivity index (χ2n) is 11.1. The van der Waals surface area contributed by atoms with E-state index >= 15 is 0 Å². The van der Waals surface area contributed by atoms with Crippen LogP contribution < -0.4 is 9.47 Å². The Balaban J connectivity index is 1.14. The fourth-order valence-electron chi connectivity index (χ4n) is 6.41. The van der Waals surface area contributed by atoms with Gasteiger partial charge >= 0.3 is 5.97 Å². The predicted molar refractivity (Wildman–Crippen MR) is 145 cm³/mol. The van der Waals surface area contributed by atoms with Gasteiger partial charge in [-0.15, -0.1) is 0 Å². The molecule has 1 heterocycles. The number of pyridine rings is 1. The first-order valence-corrected chi connectivity index (χ1v) is 13.5. The highest BCUT2D eigenvalue weighted by Gasteiger charge is 2.73. The van der Waals surface area contributed by atoms with Crippen molar-refractivity contribution in [2.45, 2.75) is 37.0 Å². The Morgan fingerprint density at radius 3 is 2.61 bits per heavy atom. The molecule has 0 saturated heterocycles. The van der Waals surface area contributed by atoms with E-state index in [0.29, 0.717) is 42.7 Å². The molecular formula is C30H27ClF2N2O6. The lowest BCUT2D eigenvalue weighted by Crippen LogP contribution is -2.48. The van der Waals surface area contributed by atoms with Crippen molar-refractivity contribution in [1.82, 2.24) is 4.98 Å². The Bertz CT molecular complexity index is 1560. The zero-order valence-electron chi connectivity index (χ0n) is 21.8. The number of fused-ring (bicyclic) bond motifs is 3. The summed E-state index contributed by atoms with van der Waals surface area (Å²) in [7, 11) is 0. The van der Waals surface area contributed by atoms with E-state index in [1.165, 1.54) is 12.3 Å². The molecule has 0 spiro atoms. The van der Waals surface area contributed by atoms with Crippen LogP contribution >= 0.6 is 11.6 Å². The van der Waals surface area contributed by atoms with E-state index in [1.807, 2.05) is 0 Å². The van der Waals surface area contributed by atoms with Crippen LogP contribution in [0.25, 0.3) is 11.1 Å². The highest BCUT2D eigenvalue weighted by molar-refractivity contribution is 6.33. The van der Waals surface area contributed by atoms with Gasteiger partial charge in [0.1, 0.15) is 29.5 Å². The van der Waals surface area contributed by atoms with Gasteiger partial charge in [0.2, 0.25) is 5.88 Å². The molecule has 1 aromatic heterocycles. The number of aliphatic carboxylic acids is 1. The van der Waals surface area contributed by atoms with Crippen molar-refractivity contribution in [2.24, 2.45) is 22.7 Å². The Morgan fingerprint density at radius 1 is 1.15 bits per heavy atom. The maximum atomic E-state index is 14.8. The summed E-state index contributed by atoms with van der Waals surface area (Å²) < 4.78 is 41.0. The number of aromatic nitrogens is 1. The summed E-state index contributed by atoms with van der Waals surface area (Å²) in [6.45, 7) is 3.43. The van der Waals surface area contributed by atoms with Crippen LogP contribution in [-0.4, -0.2) is 51.8 Å². The topological polar surface area (TPSA) is 121 Å². The maximum absolute atomic E-state index is 14.8. The molecule has 2 saturated carbocycles. The molecule has 0 aliphatic heterocycles. The zero-order chi connectivity index (χ0) is 29.1. The Morgan fingerprint density at radius 2 is 1.93 bits per heavy atom. The number of carboxylic acid groups (broad SMARTS) is 1. The van der Waals surface area contributed by atoms with Crippen molar-refractivity contribution >= 4 is 24.3 Å². The van der Waals surface area contributed by atoms with Gasteiger partial charge in [-0.25, -0.2) is 13.8 Å². The average Bonchev–Trinajstić information content (AvgIpc) is 3.47. The Hall–Kier alpha value is -3.60. The van der Waals surface area contributed by atoms with Crippen LogP contribution in [0.3, 0.4) is 0 Å². The van der Waals surface area contributed by atoms with Gasteiger partial charge in [0.05, 0.1) is 29.8 Å². The summed E-state index contributed by atoms with van der Waals surface area (Å²) in [5.41, 5.74) is 0.225. The first-order valence-electron chi connectivity index (χ1n) is 13.2. The minimum atomic E-state index is -1.04. The fourth-order valence-corrected chi connectivity index (χ4v) is 6.68. The van der Waals surface area contributed by atoms with Gasteiger partial charge in [-0.3, -0.25) is 9.79 Å². The van der Waals surface area contributed by atoms with Crippen LogP contribution in [0, 0.1) is 29.4 Å². The van der Waals surface area contributed by atoms with E-state index in [1.54, 1.807) is 24.3 Å². The number of benzene rings is 2. The first kappa shape index (κ1) is 27.6. The van der Waals surface area contributed by atoms with Crippen LogP contribution in [0.1, 0.15) is 29.5 Å². The highest BCUT2D eigenvalue weighted by atomic mass is 35.5. The van der Waals surface area contributed by atoms with Crippen molar-refractivity contribution in [3.05, 3.63) is 75.9 Å². The van der Waals surface area contributed by atoms with E-state index in [0.717, 1.165) is 11.6 Å². The molecule has 0 radical (unpaired) electrons. The maximum Gasteiger partial charge on any atom is 0.309 e. The number of aliphatic imine (C=N–C) groups is 1. The van der Waals surface area contributed by atoms with E-state index in [-0.39, 0.29) is 47.1 Å². The van der Waals surface area contributed by atoms with Crippen LogP contribution in [0.15, 0.2) is 47.6 Å². The van der Waals surface area contributed by atoms with Crippen LogP contribution in [-0.2, 0) is 23.4 Å². The van der Waals surface area contributed by atoms with E-state index < -0.39 is 34.7 Å². The van der Waals surface area contributed by atoms with Crippen LogP contribution in [0.5, 0.6) is 11.6 Å². The molecule has 2 aromatic carbocycles. The minimum absolute atomic E-state index is 0.0919. The number of hydrogen-bond donors (Lipinski definition) is 3. The fraction of sp³-hybridized carbons (Fsp3) is 0.367. The molecule has 11 heteroatoms. The largest absolute Gasteiger partial charge is 0.493 e. The molecule has 3 aliphatic carbocycles. The summed E-state index contributed by atoms with van der Waals surface area (Å²) in [5, 5.41) is 28.8. The number of hydrogen-bond acceptors (Lipinski definition) is 7. The average molecular weight is 585 g/mol. The Kier molecular flexibility index (Phi) is 6.75. The SMILES string of the molecule is C=N[C@]12c3cnc(OCc4cc(-c5ccc(OCC6CC(O)(CO)C6)cc5Cl)c(F)cc4F)cc3C[C@H]1[C@@H]2C(=O)O. The number of rotatable bonds is 10. The summed E-state index contributed by atoms with van der Waals surface area (Å²) >= 11 is 6.45. The molecule has 3 aliphatic rings. The molecule has 41 heavy (non-hydrogen) atoms. The van der Waals surface area contributed by atoms with E-state index in [9.17, 15) is 23.8 Å². The smallest absolute Gasteiger partial charge is 0.309 e. The van der Waals surface area contributed by atoms with Gasteiger partial charge < -0.3 is 24.8 Å². The van der Waals surface area contributed by atoms with Gasteiger partial charge in [0.15, 0.2) is 0 Å². The molecule has 2 fully saturated rings. The Labute approximate surface area is 239 Å². The monoisotopic (exact) mass is 584 g/mol. The van der Waals surface area contributed by atoms with Gasteiger partial charge in [0, 0.05) is 46.5 Å². The summed E-state index contributed by atoms with van der Waals surface area (Å²) in [4.78, 5) is 20.0. The van der Waals surface area contributed by atoms with E-state index in [2.05, 4.69) is 16.7 Å². The second-order valence-corrected chi connectivity index (χ2v) is 11.5. The third-order valence-electron chi connectivity index (χ3n) is 8.56. The molecule has 6 rings (SSSR count). The normalized spacial score (nSPS) is 27.4. The lowest BCUT2D eigenvalue weighted by Gasteiger charge is -2.42. The molecule has 3 aromatic rings. The van der Waals surface area contributed by atoms with Gasteiger partial charge in [-0.1, -0.05) is 11.6 Å². The summed E-state index contributed by atoms with van der Waals surface area (Å²) in [6, 6.07) is 8.58. The minimum Gasteiger partial charge on any atom is -0.493 e. The number of carboxylic acids is 1. The molecule has 0 amide bonds. The molecule has 3 atom stereocenters. The molecule has 8 nitrogen and oxygen atoms in total. The summed E-state index contributed by atoms with van der Waals surface area (Å²) in [5.74, 6) is -2.47. The van der Waals surface area contributed by atoms with Crippen LogP contribution in [0.2, 0.25) is 5.02 Å². The number of aliphatic hydroxyl groups is 2. The number of halogens is 3. The van der Waals surface area contributed by atoms with Gasteiger partial charge in [-0.05, 0) is 61.7 Å². The highest BCUT2D eigenvalue weighted by Crippen LogP contribution is 2.67. The molecule has 3 N–H and O–H groups in total. The molecule has 214 valence electrons. The number of nitrogens with zero attached hydrogens (tertiary/aromatic N) is 2. The lowest BCUT2D eigenvalue weighted by molar-refractivity contribution is -0.139. The number of aliphatic hydroxyl groups excluding tert-OH is 1. The molecular weight excluding hydrogens is 558 g/mol. The van der Waals surface area contributed by atoms with Crippen molar-refractivity contribution in [1.29, 1.82) is 0 Å². The van der Waals surface area contributed by atoms with Gasteiger partial charge in [0.25, 0.3) is 0 Å². The van der Waals surface area contributed by atoms with Crippen molar-refractivity contribution < 1.29 is 38.4 Å². The number of ether oxygens (including phenoxy) is 2. The van der Waals surface area contributed by atoms with Gasteiger partial charge in [-0.2, -0.15) is 0 Å². The summed E-state index contributed by atoms with van der Waals surface area (Å²) in [6.07, 6.45) is 2.93. The van der Waals surface area contributed by atoms with Crippen molar-refractivity contribution in [3.63, 3.8) is 0 Å². The van der Waals surface area contributed by atoms with E-state index in [4.69, 9.17) is 26.2 Å². The predicted octanol–water partition coefficient (Wildman–Crippen LogP) is 4.55. The third kappa shape index (κ3) is 4.64. The number of carbonyl (C=O) groups is 1. The van der Waals surface area contributed by atoms with Crippen LogP contribution in [0.4, 0.5) is 8.78 Å². The third-order valence-corrected chi connectivity index (χ3v) is 8.87. The lowest BCUT2D eigenvalue weighted by atomic mass is 9.72. The molecule has 0 unspecified atom stereocenters. The quantitative estimate of drug-likeness (QED) is 0.299. The second kappa shape index (κ2) is 10.0. The standard InChI is InChI=1S/C30H27ClF2N2O6/c1-34-30-21(27(30)28(37)38)5-16-6-26(35-11-22(16)30)41-13-17-4-20(25(33)8-24(17)32)19-3-2-18(7-23(19)31)40-12-15-9-29(39,10-15)14-36/h2-4,6-8,11,15,21,27,36,39H,1,5,9-10,12-14H2,(H,37,38)/t15?,21-,27+,29?,30-/m0/s1. The first-order chi connectivity index (χ1) is 19.6. The van der Waals surface area contributed by atoms with Crippen molar-refractivity contribution in [2.75, 3.05) is 13.2 Å². The van der Waals surface area contributed by atoms with Crippen molar-refractivity contribution in [3.8, 4) is 22.8 Å².